The summed E-state index contributed by atoms with van der Waals surface area (Å²) in [5, 5.41) is 12.4. The summed E-state index contributed by atoms with van der Waals surface area (Å²) < 4.78 is 5.01. The number of para-hydroxylation sites is 1. The van der Waals surface area contributed by atoms with Gasteiger partial charge in [-0.25, -0.2) is 0 Å². The van der Waals surface area contributed by atoms with Crippen molar-refractivity contribution in [1.82, 2.24) is 4.57 Å². The SMILES string of the molecule is c1cc(-c2ccc(N(c3cccc(-c4cccc5c4c4ccccc4n5-c4cccc5ccccc45)c3)c3ccc(-c4cccc5ccccc45)c4sc5ccccc5c34)cc2)cc(-c2cccc3ccccc23)c1. The summed E-state index contributed by atoms with van der Waals surface area (Å²) in [6.45, 7) is 0. The van der Waals surface area contributed by atoms with Gasteiger partial charge < -0.3 is 9.47 Å². The molecular formula is C72H46N2S. The van der Waals surface area contributed by atoms with Gasteiger partial charge in [0.2, 0.25) is 0 Å². The third-order valence-corrected chi connectivity index (χ3v) is 16.6. The van der Waals surface area contributed by atoms with Gasteiger partial charge in [-0.15, -0.1) is 11.3 Å². The Labute approximate surface area is 438 Å². The molecule has 2 nitrogen and oxygen atoms in total. The Balaban J connectivity index is 0.932. The number of aromatic nitrogens is 1. The summed E-state index contributed by atoms with van der Waals surface area (Å²) >= 11 is 1.89. The third kappa shape index (κ3) is 7.08. The lowest BCUT2D eigenvalue weighted by molar-refractivity contribution is 1.20. The van der Waals surface area contributed by atoms with Crippen LogP contribution in [-0.2, 0) is 0 Å². The molecule has 0 saturated heterocycles. The van der Waals surface area contributed by atoms with Gasteiger partial charge in [-0.05, 0) is 127 Å². The van der Waals surface area contributed by atoms with Crippen molar-refractivity contribution in [3.05, 3.63) is 279 Å². The van der Waals surface area contributed by atoms with E-state index in [4.69, 9.17) is 0 Å². The maximum Gasteiger partial charge on any atom is 0.0555 e. The number of thiophene rings is 1. The summed E-state index contributed by atoms with van der Waals surface area (Å²) in [5.41, 5.74) is 16.5. The Bertz CT molecular complexity index is 4710. The van der Waals surface area contributed by atoms with Crippen LogP contribution in [0.3, 0.4) is 0 Å². The number of rotatable bonds is 8. The zero-order valence-electron chi connectivity index (χ0n) is 40.9. The lowest BCUT2D eigenvalue weighted by Crippen LogP contribution is -2.10. The molecule has 15 aromatic rings. The molecule has 75 heavy (non-hydrogen) atoms. The molecule has 2 heterocycles. The van der Waals surface area contributed by atoms with E-state index >= 15 is 0 Å². The minimum atomic E-state index is 1.08. The van der Waals surface area contributed by atoms with Crippen LogP contribution in [0.2, 0.25) is 0 Å². The van der Waals surface area contributed by atoms with E-state index in [-0.39, 0.29) is 0 Å². The highest BCUT2D eigenvalue weighted by Gasteiger charge is 2.24. The molecule has 0 N–H and O–H groups in total. The van der Waals surface area contributed by atoms with Crippen LogP contribution in [0.5, 0.6) is 0 Å². The van der Waals surface area contributed by atoms with Gasteiger partial charge in [-0.2, -0.15) is 0 Å². The first-order valence-electron chi connectivity index (χ1n) is 25.7. The van der Waals surface area contributed by atoms with Crippen LogP contribution < -0.4 is 4.90 Å². The predicted octanol–water partition coefficient (Wildman–Crippen LogP) is 20.7. The van der Waals surface area contributed by atoms with Gasteiger partial charge in [0.05, 0.1) is 22.4 Å². The van der Waals surface area contributed by atoms with Crippen LogP contribution in [0, 0.1) is 0 Å². The molecule has 3 heteroatoms. The average Bonchev–Trinajstić information content (AvgIpc) is 4.10. The standard InChI is InChI=1S/C72H46N2S/c1-4-27-56-48(17-1)20-13-32-58(56)52-24-11-23-51(45-52)47-39-41-54(42-40-47)73(68-44-43-62(61-34-14-21-49-18-2-5-28-57(49)61)72-71(68)64-31-8-10-38-69(64)75-72)55-26-12-25-53(46-55)60-33-16-37-67-70(60)63-30-7-9-35-66(63)74(67)65-36-15-22-50-19-3-6-29-59(50)65/h1-46H. The Morgan fingerprint density at radius 3 is 1.63 bits per heavy atom. The molecule has 0 unspecified atom stereocenters. The van der Waals surface area contributed by atoms with Crippen LogP contribution in [0.25, 0.3) is 124 Å². The van der Waals surface area contributed by atoms with E-state index in [1.165, 1.54) is 119 Å². The topological polar surface area (TPSA) is 8.17 Å². The number of hydrogen-bond donors (Lipinski definition) is 0. The molecular weight excluding hydrogens is 925 g/mol. The van der Waals surface area contributed by atoms with E-state index in [2.05, 4.69) is 289 Å². The van der Waals surface area contributed by atoms with E-state index in [0.29, 0.717) is 0 Å². The highest BCUT2D eigenvalue weighted by Crippen LogP contribution is 2.50. The van der Waals surface area contributed by atoms with Crippen LogP contribution in [0.15, 0.2) is 279 Å². The van der Waals surface area contributed by atoms with Crippen molar-refractivity contribution in [2.45, 2.75) is 0 Å². The van der Waals surface area contributed by atoms with E-state index in [0.717, 1.165) is 22.6 Å². The van der Waals surface area contributed by atoms with Crippen molar-refractivity contribution >= 4 is 103 Å². The summed E-state index contributed by atoms with van der Waals surface area (Å²) in [6.07, 6.45) is 0. The molecule has 0 aliphatic rings. The number of hydrogen-bond acceptors (Lipinski definition) is 2. The van der Waals surface area contributed by atoms with Crippen LogP contribution >= 0.6 is 11.3 Å². The second-order valence-electron chi connectivity index (χ2n) is 19.6. The van der Waals surface area contributed by atoms with E-state index in [9.17, 15) is 0 Å². The van der Waals surface area contributed by atoms with Gasteiger partial charge >= 0.3 is 0 Å². The van der Waals surface area contributed by atoms with Gasteiger partial charge in [-0.1, -0.05) is 218 Å². The summed E-state index contributed by atoms with van der Waals surface area (Å²) in [6, 6.07) is 103. The van der Waals surface area contributed by atoms with E-state index < -0.39 is 0 Å². The van der Waals surface area contributed by atoms with Crippen molar-refractivity contribution in [3.63, 3.8) is 0 Å². The highest BCUT2D eigenvalue weighted by atomic mass is 32.1. The molecule has 0 aliphatic heterocycles. The molecule has 0 amide bonds. The fourth-order valence-corrected chi connectivity index (χ4v) is 13.2. The first-order valence-corrected chi connectivity index (χ1v) is 26.6. The first kappa shape index (κ1) is 43.1. The summed E-state index contributed by atoms with van der Waals surface area (Å²) in [7, 11) is 0. The van der Waals surface area contributed by atoms with E-state index in [1.807, 2.05) is 11.3 Å². The van der Waals surface area contributed by atoms with Crippen molar-refractivity contribution in [2.75, 3.05) is 4.90 Å². The maximum atomic E-state index is 2.49. The molecule has 0 fully saturated rings. The Kier molecular flexibility index (Phi) is 10.1. The zero-order valence-corrected chi connectivity index (χ0v) is 41.7. The minimum Gasteiger partial charge on any atom is -0.310 e. The minimum absolute atomic E-state index is 1.08. The third-order valence-electron chi connectivity index (χ3n) is 15.4. The highest BCUT2D eigenvalue weighted by molar-refractivity contribution is 7.26. The lowest BCUT2D eigenvalue weighted by Gasteiger charge is -2.28. The molecule has 0 radical (unpaired) electrons. The first-order chi connectivity index (χ1) is 37.2. The Morgan fingerprint density at radius 1 is 0.293 bits per heavy atom. The molecule has 15 rings (SSSR count). The molecule has 0 atom stereocenters. The number of anilines is 3. The lowest BCUT2D eigenvalue weighted by atomic mass is 9.95. The van der Waals surface area contributed by atoms with Gasteiger partial charge in [0.1, 0.15) is 0 Å². The maximum absolute atomic E-state index is 2.49. The summed E-state index contributed by atoms with van der Waals surface area (Å²) in [4.78, 5) is 2.49. The van der Waals surface area contributed by atoms with Gasteiger partial charge in [0, 0.05) is 53.3 Å². The van der Waals surface area contributed by atoms with Gasteiger partial charge in [0.25, 0.3) is 0 Å². The van der Waals surface area contributed by atoms with Crippen molar-refractivity contribution in [3.8, 4) is 50.2 Å². The zero-order chi connectivity index (χ0) is 49.4. The largest absolute Gasteiger partial charge is 0.310 e. The Hall–Kier alpha value is -9.54. The number of benzene rings is 13. The monoisotopic (exact) mass is 970 g/mol. The molecule has 13 aromatic carbocycles. The molecule has 0 aliphatic carbocycles. The van der Waals surface area contributed by atoms with Gasteiger partial charge in [-0.3, -0.25) is 0 Å². The molecule has 0 spiro atoms. The Morgan fingerprint density at radius 2 is 0.840 bits per heavy atom. The summed E-state index contributed by atoms with van der Waals surface area (Å²) in [5.74, 6) is 0. The molecule has 350 valence electrons. The average molecular weight is 971 g/mol. The predicted molar refractivity (Wildman–Crippen MR) is 323 cm³/mol. The van der Waals surface area contributed by atoms with Crippen molar-refractivity contribution in [2.24, 2.45) is 0 Å². The molecule has 0 saturated carbocycles. The quantitative estimate of drug-likeness (QED) is 0.147. The van der Waals surface area contributed by atoms with Crippen molar-refractivity contribution in [1.29, 1.82) is 0 Å². The van der Waals surface area contributed by atoms with Crippen LogP contribution in [-0.4, -0.2) is 4.57 Å². The van der Waals surface area contributed by atoms with Crippen molar-refractivity contribution < 1.29 is 0 Å². The number of fused-ring (bicyclic) bond motifs is 9. The van der Waals surface area contributed by atoms with Gasteiger partial charge in [0.15, 0.2) is 0 Å². The molecule has 0 bridgehead atoms. The second kappa shape index (κ2) is 17.6. The smallest absolute Gasteiger partial charge is 0.0555 e. The van der Waals surface area contributed by atoms with Crippen LogP contribution in [0.4, 0.5) is 17.1 Å². The number of nitrogens with zero attached hydrogens (tertiary/aromatic N) is 2. The second-order valence-corrected chi connectivity index (χ2v) is 20.6. The normalized spacial score (nSPS) is 11.7. The fourth-order valence-electron chi connectivity index (χ4n) is 12.0. The molecule has 2 aromatic heterocycles. The van der Waals surface area contributed by atoms with Crippen LogP contribution in [0.1, 0.15) is 0 Å². The van der Waals surface area contributed by atoms with E-state index in [1.54, 1.807) is 0 Å². The fraction of sp³-hybridized carbons (Fsp3) is 0.